The third-order valence-corrected chi connectivity index (χ3v) is 5.04. The van der Waals surface area contributed by atoms with Crippen LogP contribution in [-0.2, 0) is 14.3 Å². The van der Waals surface area contributed by atoms with Gasteiger partial charge in [0.15, 0.2) is 0 Å². The zero-order chi connectivity index (χ0) is 14.0. The first-order valence-electron chi connectivity index (χ1n) is 7.88. The normalized spacial score (nSPS) is 29.7. The van der Waals surface area contributed by atoms with E-state index < -0.39 is 0 Å². The summed E-state index contributed by atoms with van der Waals surface area (Å²) in [6.07, 6.45) is 8.38. The van der Waals surface area contributed by atoms with E-state index in [1.54, 1.807) is 4.90 Å². The molecule has 1 atom stereocenters. The SMILES string of the molecule is O=CN1CCCC1C(=O)N1CCOC2(CCCCC2)C1. The first-order chi connectivity index (χ1) is 9.74. The second-order valence-electron chi connectivity index (χ2n) is 6.35. The molecule has 0 aromatic rings. The van der Waals surface area contributed by atoms with E-state index in [0.29, 0.717) is 13.2 Å². The molecule has 0 bridgehead atoms. The molecule has 5 heteroatoms. The Hall–Kier alpha value is -1.10. The van der Waals surface area contributed by atoms with Crippen LogP contribution in [0.5, 0.6) is 0 Å². The van der Waals surface area contributed by atoms with E-state index in [0.717, 1.165) is 45.2 Å². The molecule has 0 radical (unpaired) electrons. The highest BCUT2D eigenvalue weighted by Gasteiger charge is 2.42. The maximum Gasteiger partial charge on any atom is 0.245 e. The summed E-state index contributed by atoms with van der Waals surface area (Å²) in [5.41, 5.74) is -0.100. The molecule has 1 unspecified atom stereocenters. The molecule has 0 aromatic carbocycles. The Balaban J connectivity index is 1.67. The van der Waals surface area contributed by atoms with Crippen LogP contribution in [0.2, 0.25) is 0 Å². The van der Waals surface area contributed by atoms with Gasteiger partial charge in [0, 0.05) is 19.6 Å². The van der Waals surface area contributed by atoms with Gasteiger partial charge in [0.1, 0.15) is 6.04 Å². The van der Waals surface area contributed by atoms with Crippen LogP contribution in [0, 0.1) is 0 Å². The number of hydrogen-bond acceptors (Lipinski definition) is 3. The lowest BCUT2D eigenvalue weighted by atomic mass is 9.83. The highest BCUT2D eigenvalue weighted by Crippen LogP contribution is 2.35. The number of ether oxygens (including phenoxy) is 1. The second kappa shape index (κ2) is 5.72. The quantitative estimate of drug-likeness (QED) is 0.713. The third-order valence-electron chi connectivity index (χ3n) is 5.04. The van der Waals surface area contributed by atoms with Gasteiger partial charge >= 0.3 is 0 Å². The lowest BCUT2D eigenvalue weighted by Gasteiger charge is -2.45. The van der Waals surface area contributed by atoms with Gasteiger partial charge in [-0.25, -0.2) is 0 Å². The molecule has 1 saturated carbocycles. The van der Waals surface area contributed by atoms with Crippen molar-refractivity contribution in [2.75, 3.05) is 26.2 Å². The summed E-state index contributed by atoms with van der Waals surface area (Å²) in [7, 11) is 0. The van der Waals surface area contributed by atoms with Crippen LogP contribution in [0.3, 0.4) is 0 Å². The molecule has 2 saturated heterocycles. The lowest BCUT2D eigenvalue weighted by molar-refractivity contribution is -0.160. The van der Waals surface area contributed by atoms with Crippen molar-refractivity contribution in [3.63, 3.8) is 0 Å². The minimum atomic E-state index is -0.230. The van der Waals surface area contributed by atoms with E-state index in [1.807, 2.05) is 4.90 Å². The van der Waals surface area contributed by atoms with Gasteiger partial charge in [0.2, 0.25) is 12.3 Å². The Labute approximate surface area is 120 Å². The monoisotopic (exact) mass is 280 g/mol. The predicted molar refractivity (Wildman–Crippen MR) is 74.1 cm³/mol. The Morgan fingerprint density at radius 1 is 1.15 bits per heavy atom. The van der Waals surface area contributed by atoms with Crippen molar-refractivity contribution in [3.8, 4) is 0 Å². The zero-order valence-electron chi connectivity index (χ0n) is 12.1. The van der Waals surface area contributed by atoms with E-state index in [1.165, 1.54) is 19.3 Å². The molecule has 3 fully saturated rings. The van der Waals surface area contributed by atoms with Crippen LogP contribution in [0.1, 0.15) is 44.9 Å². The second-order valence-corrected chi connectivity index (χ2v) is 6.35. The molecule has 3 rings (SSSR count). The molecule has 1 spiro atoms. The molecule has 2 amide bonds. The number of amides is 2. The maximum atomic E-state index is 12.7. The van der Waals surface area contributed by atoms with Crippen molar-refractivity contribution >= 4 is 12.3 Å². The fourth-order valence-corrected chi connectivity index (χ4v) is 3.92. The van der Waals surface area contributed by atoms with Crippen molar-refractivity contribution < 1.29 is 14.3 Å². The van der Waals surface area contributed by atoms with Gasteiger partial charge < -0.3 is 14.5 Å². The van der Waals surface area contributed by atoms with Crippen molar-refractivity contribution in [3.05, 3.63) is 0 Å². The van der Waals surface area contributed by atoms with Gasteiger partial charge in [-0.05, 0) is 25.7 Å². The number of carbonyl (C=O) groups is 2. The van der Waals surface area contributed by atoms with Crippen LogP contribution in [-0.4, -0.2) is 60.0 Å². The highest BCUT2D eigenvalue weighted by atomic mass is 16.5. The summed E-state index contributed by atoms with van der Waals surface area (Å²) in [6, 6.07) is -0.230. The molecule has 5 nitrogen and oxygen atoms in total. The topological polar surface area (TPSA) is 49.9 Å². The Morgan fingerprint density at radius 2 is 1.95 bits per heavy atom. The van der Waals surface area contributed by atoms with Crippen LogP contribution in [0.15, 0.2) is 0 Å². The fourth-order valence-electron chi connectivity index (χ4n) is 3.92. The smallest absolute Gasteiger partial charge is 0.245 e. The van der Waals surface area contributed by atoms with Gasteiger partial charge in [-0.15, -0.1) is 0 Å². The first-order valence-corrected chi connectivity index (χ1v) is 7.88. The summed E-state index contributed by atoms with van der Waals surface area (Å²) in [5.74, 6) is 0.128. The molecule has 20 heavy (non-hydrogen) atoms. The number of carbonyl (C=O) groups excluding carboxylic acids is 2. The fraction of sp³-hybridized carbons (Fsp3) is 0.867. The molecular weight excluding hydrogens is 256 g/mol. The van der Waals surface area contributed by atoms with E-state index in [2.05, 4.69) is 0 Å². The number of morpholine rings is 1. The molecule has 1 aliphatic carbocycles. The number of nitrogens with zero attached hydrogens (tertiary/aromatic N) is 2. The van der Waals surface area contributed by atoms with Crippen LogP contribution in [0.4, 0.5) is 0 Å². The van der Waals surface area contributed by atoms with E-state index >= 15 is 0 Å². The summed E-state index contributed by atoms with van der Waals surface area (Å²) >= 11 is 0. The zero-order valence-corrected chi connectivity index (χ0v) is 12.1. The van der Waals surface area contributed by atoms with Gasteiger partial charge in [-0.3, -0.25) is 9.59 Å². The molecule has 2 heterocycles. The molecule has 0 aromatic heterocycles. The lowest BCUT2D eigenvalue weighted by Crippen LogP contribution is -2.57. The van der Waals surface area contributed by atoms with E-state index in [4.69, 9.17) is 4.74 Å². The summed E-state index contributed by atoms with van der Waals surface area (Å²) < 4.78 is 6.03. The number of hydrogen-bond donors (Lipinski definition) is 0. The van der Waals surface area contributed by atoms with Gasteiger partial charge in [-0.1, -0.05) is 19.3 Å². The first kappa shape index (κ1) is 13.9. The van der Waals surface area contributed by atoms with Gasteiger partial charge in [0.25, 0.3) is 0 Å². The average molecular weight is 280 g/mol. The molecule has 2 aliphatic heterocycles. The van der Waals surface area contributed by atoms with Crippen molar-refractivity contribution in [1.82, 2.24) is 9.80 Å². The molecule has 112 valence electrons. The number of likely N-dealkylation sites (tertiary alicyclic amines) is 1. The largest absolute Gasteiger partial charge is 0.371 e. The van der Waals surface area contributed by atoms with Crippen molar-refractivity contribution in [2.24, 2.45) is 0 Å². The minimum Gasteiger partial charge on any atom is -0.371 e. The van der Waals surface area contributed by atoms with Crippen LogP contribution < -0.4 is 0 Å². The molecule has 0 N–H and O–H groups in total. The van der Waals surface area contributed by atoms with Crippen LogP contribution >= 0.6 is 0 Å². The standard InChI is InChI=1S/C15H24N2O3/c18-12-17-8-4-5-13(17)14(19)16-9-10-20-15(11-16)6-2-1-3-7-15/h12-13H,1-11H2. The highest BCUT2D eigenvalue weighted by molar-refractivity contribution is 5.84. The Morgan fingerprint density at radius 3 is 2.70 bits per heavy atom. The predicted octanol–water partition coefficient (Wildman–Crippen LogP) is 1.17. The average Bonchev–Trinajstić information content (AvgIpc) is 2.96. The molecular formula is C15H24N2O3. The summed E-state index contributed by atoms with van der Waals surface area (Å²) in [5, 5.41) is 0. The van der Waals surface area contributed by atoms with Gasteiger partial charge in [0.05, 0.1) is 12.2 Å². The molecule has 3 aliphatic rings. The van der Waals surface area contributed by atoms with Crippen LogP contribution in [0.25, 0.3) is 0 Å². The third kappa shape index (κ3) is 2.55. The Kier molecular flexibility index (Phi) is 3.96. The van der Waals surface area contributed by atoms with Crippen molar-refractivity contribution in [2.45, 2.75) is 56.6 Å². The summed E-state index contributed by atoms with van der Waals surface area (Å²) in [4.78, 5) is 27.3. The minimum absolute atomic E-state index is 0.100. The van der Waals surface area contributed by atoms with E-state index in [-0.39, 0.29) is 17.6 Å². The van der Waals surface area contributed by atoms with E-state index in [9.17, 15) is 9.59 Å². The van der Waals surface area contributed by atoms with Gasteiger partial charge in [-0.2, -0.15) is 0 Å². The van der Waals surface area contributed by atoms with Crippen molar-refractivity contribution in [1.29, 1.82) is 0 Å². The summed E-state index contributed by atoms with van der Waals surface area (Å²) in [6.45, 7) is 2.74. The Bertz CT molecular complexity index is 374. The maximum absolute atomic E-state index is 12.7. The number of rotatable bonds is 2.